The van der Waals surface area contributed by atoms with Gasteiger partial charge in [0.1, 0.15) is 0 Å². The number of nitrogens with zero attached hydrogens (tertiary/aromatic N) is 2. The number of hydrogen-bond acceptors (Lipinski definition) is 4. The molecule has 0 radical (unpaired) electrons. The third-order valence-electron chi connectivity index (χ3n) is 7.39. The zero-order chi connectivity index (χ0) is 20.9. The highest BCUT2D eigenvalue weighted by Crippen LogP contribution is 2.30. The maximum Gasteiger partial charge on any atom is 0.462 e. The van der Waals surface area contributed by atoms with Crippen LogP contribution in [-0.4, -0.2) is 67.1 Å². The minimum absolute atomic E-state index is 0.0668. The highest BCUT2D eigenvalue weighted by Gasteiger charge is 2.50. The van der Waals surface area contributed by atoms with Crippen LogP contribution in [0.5, 0.6) is 0 Å². The molecule has 4 aliphatic rings. The van der Waals surface area contributed by atoms with Crippen molar-refractivity contribution in [2.45, 2.75) is 82.7 Å². The average Bonchev–Trinajstić information content (AvgIpc) is 3.19. The highest BCUT2D eigenvalue weighted by atomic mass is 16.7. The van der Waals surface area contributed by atoms with E-state index in [0.29, 0.717) is 31.2 Å². The van der Waals surface area contributed by atoms with E-state index >= 15 is 0 Å². The highest BCUT2D eigenvalue weighted by molar-refractivity contribution is 6.46. The lowest BCUT2D eigenvalue weighted by Crippen LogP contribution is -2.57. The summed E-state index contributed by atoms with van der Waals surface area (Å²) in [6, 6.07) is 0. The van der Waals surface area contributed by atoms with Crippen molar-refractivity contribution in [1.82, 2.24) is 9.80 Å². The normalized spacial score (nSPS) is 29.7. The number of fused-ring (bicyclic) bond motifs is 1. The number of amides is 2. The second-order valence-corrected chi connectivity index (χ2v) is 9.64. The van der Waals surface area contributed by atoms with Gasteiger partial charge in [-0.25, -0.2) is 0 Å². The Balaban J connectivity index is 1.50. The average molecular weight is 416 g/mol. The van der Waals surface area contributed by atoms with Crippen LogP contribution in [0.1, 0.15) is 64.2 Å². The first-order chi connectivity index (χ1) is 14.7. The summed E-state index contributed by atoms with van der Waals surface area (Å²) >= 11 is 0. The van der Waals surface area contributed by atoms with Gasteiger partial charge in [0.15, 0.2) is 12.2 Å². The van der Waals surface area contributed by atoms with Gasteiger partial charge in [-0.15, -0.1) is 6.58 Å². The van der Waals surface area contributed by atoms with Crippen LogP contribution in [0, 0.1) is 11.8 Å². The lowest BCUT2D eigenvalue weighted by molar-refractivity contribution is -0.154. The van der Waals surface area contributed by atoms with Gasteiger partial charge < -0.3 is 19.1 Å². The molecule has 0 aromatic rings. The molecule has 7 heteroatoms. The van der Waals surface area contributed by atoms with Crippen molar-refractivity contribution >= 4 is 18.9 Å². The van der Waals surface area contributed by atoms with Crippen molar-refractivity contribution in [1.29, 1.82) is 0 Å². The monoisotopic (exact) mass is 416 g/mol. The van der Waals surface area contributed by atoms with Gasteiger partial charge in [-0.05, 0) is 37.5 Å². The molecule has 2 heterocycles. The Kier molecular flexibility index (Phi) is 7.52. The van der Waals surface area contributed by atoms with Crippen LogP contribution in [-0.2, 0) is 18.9 Å². The molecule has 2 aliphatic carbocycles. The first kappa shape index (κ1) is 21.9. The van der Waals surface area contributed by atoms with Crippen LogP contribution in [0.15, 0.2) is 12.7 Å². The Morgan fingerprint density at radius 1 is 0.800 bits per heavy atom. The van der Waals surface area contributed by atoms with Gasteiger partial charge in [-0.1, -0.05) is 44.6 Å². The summed E-state index contributed by atoms with van der Waals surface area (Å²) in [4.78, 5) is 30.7. The molecule has 0 aromatic carbocycles. The third-order valence-corrected chi connectivity index (χ3v) is 7.39. The summed E-state index contributed by atoms with van der Waals surface area (Å²) in [6.07, 6.45) is 13.0. The SMILES string of the molecule is C=CCB1O[C@@H]2C(=O)N(CC3CCCCC3)CCN(CC3CCCCC3)C(=O)[C@H]2O1. The largest absolute Gasteiger partial charge is 0.462 e. The van der Waals surface area contributed by atoms with Crippen molar-refractivity contribution in [3.05, 3.63) is 12.7 Å². The summed E-state index contributed by atoms with van der Waals surface area (Å²) in [5, 5.41) is 0. The minimum atomic E-state index is -0.819. The van der Waals surface area contributed by atoms with E-state index in [0.717, 1.165) is 13.1 Å². The summed E-state index contributed by atoms with van der Waals surface area (Å²) in [5.74, 6) is 0.995. The summed E-state index contributed by atoms with van der Waals surface area (Å²) in [6.45, 7) is 6.52. The van der Waals surface area contributed by atoms with E-state index in [1.165, 1.54) is 64.2 Å². The molecule has 0 N–H and O–H groups in total. The second kappa shape index (κ2) is 10.3. The Morgan fingerprint density at radius 2 is 1.23 bits per heavy atom. The fraction of sp³-hybridized carbons (Fsp3) is 0.826. The van der Waals surface area contributed by atoms with E-state index < -0.39 is 19.3 Å². The van der Waals surface area contributed by atoms with Crippen LogP contribution in [0.25, 0.3) is 0 Å². The smallest absolute Gasteiger partial charge is 0.396 e. The molecule has 4 fully saturated rings. The van der Waals surface area contributed by atoms with Crippen molar-refractivity contribution in [2.24, 2.45) is 11.8 Å². The number of carbonyl (C=O) groups excluding carboxylic acids is 2. The summed E-state index contributed by atoms with van der Waals surface area (Å²) in [7, 11) is -0.559. The molecule has 30 heavy (non-hydrogen) atoms. The maximum absolute atomic E-state index is 13.4. The molecule has 2 amide bonds. The fourth-order valence-electron chi connectivity index (χ4n) is 5.67. The number of carbonyl (C=O) groups is 2. The van der Waals surface area contributed by atoms with E-state index in [-0.39, 0.29) is 11.8 Å². The number of hydrogen-bond donors (Lipinski definition) is 0. The van der Waals surface area contributed by atoms with Crippen LogP contribution >= 0.6 is 0 Å². The van der Waals surface area contributed by atoms with Gasteiger partial charge >= 0.3 is 7.12 Å². The molecular weight excluding hydrogens is 379 g/mol. The number of allylic oxidation sites excluding steroid dienone is 1. The van der Waals surface area contributed by atoms with Crippen molar-refractivity contribution in [3.63, 3.8) is 0 Å². The molecule has 0 aromatic heterocycles. The molecule has 166 valence electrons. The molecule has 0 unspecified atom stereocenters. The number of rotatable bonds is 6. The molecule has 0 spiro atoms. The van der Waals surface area contributed by atoms with E-state index in [2.05, 4.69) is 6.58 Å². The zero-order valence-electron chi connectivity index (χ0n) is 18.3. The molecule has 2 saturated heterocycles. The van der Waals surface area contributed by atoms with Gasteiger partial charge in [-0.2, -0.15) is 0 Å². The predicted octanol–water partition coefficient (Wildman–Crippen LogP) is 3.28. The van der Waals surface area contributed by atoms with Gasteiger partial charge in [0.25, 0.3) is 11.8 Å². The first-order valence-electron chi connectivity index (χ1n) is 12.1. The van der Waals surface area contributed by atoms with Crippen LogP contribution in [0.4, 0.5) is 0 Å². The first-order valence-corrected chi connectivity index (χ1v) is 12.1. The molecular formula is C23H37BN2O4. The Labute approximate surface area is 181 Å². The molecule has 4 rings (SSSR count). The fourth-order valence-corrected chi connectivity index (χ4v) is 5.67. The van der Waals surface area contributed by atoms with Gasteiger partial charge in [-0.3, -0.25) is 9.59 Å². The van der Waals surface area contributed by atoms with Gasteiger partial charge in [0, 0.05) is 32.5 Å². The van der Waals surface area contributed by atoms with E-state index in [9.17, 15) is 9.59 Å². The third kappa shape index (κ3) is 5.10. The topological polar surface area (TPSA) is 59.1 Å². The molecule has 2 aliphatic heterocycles. The van der Waals surface area contributed by atoms with Crippen LogP contribution in [0.3, 0.4) is 0 Å². The molecule has 2 saturated carbocycles. The predicted molar refractivity (Wildman–Crippen MR) is 117 cm³/mol. The second-order valence-electron chi connectivity index (χ2n) is 9.64. The zero-order valence-corrected chi connectivity index (χ0v) is 18.3. The minimum Gasteiger partial charge on any atom is -0.396 e. The summed E-state index contributed by atoms with van der Waals surface area (Å²) < 4.78 is 11.9. The maximum atomic E-state index is 13.4. The summed E-state index contributed by atoms with van der Waals surface area (Å²) in [5.41, 5.74) is 0. The van der Waals surface area contributed by atoms with Crippen LogP contribution < -0.4 is 0 Å². The molecule has 2 atom stereocenters. The van der Waals surface area contributed by atoms with Crippen molar-refractivity contribution < 1.29 is 18.9 Å². The van der Waals surface area contributed by atoms with Gasteiger partial charge in [0.2, 0.25) is 0 Å². The van der Waals surface area contributed by atoms with E-state index in [1.807, 2.05) is 9.80 Å². The molecule has 0 bridgehead atoms. The quantitative estimate of drug-likeness (QED) is 0.493. The Hall–Kier alpha value is -1.34. The van der Waals surface area contributed by atoms with Gasteiger partial charge in [0.05, 0.1) is 0 Å². The Bertz CT molecular complexity index is 570. The lowest BCUT2D eigenvalue weighted by atomic mass is 9.85. The van der Waals surface area contributed by atoms with E-state index in [4.69, 9.17) is 9.31 Å². The van der Waals surface area contributed by atoms with Crippen molar-refractivity contribution in [2.75, 3.05) is 26.2 Å². The van der Waals surface area contributed by atoms with E-state index in [1.54, 1.807) is 6.08 Å². The lowest BCUT2D eigenvalue weighted by Gasteiger charge is -2.38. The molecule has 6 nitrogen and oxygen atoms in total. The standard InChI is InChI=1S/C23H37BN2O4/c1-2-13-24-29-20-21(30-24)23(28)26(17-19-11-7-4-8-12-19)15-14-25(22(20)27)16-18-9-5-3-6-10-18/h2,18-21H,1,3-17H2/t20-,21-/m0/s1. The van der Waals surface area contributed by atoms with Crippen LogP contribution in [0.2, 0.25) is 6.32 Å². The Morgan fingerprint density at radius 3 is 1.63 bits per heavy atom. The van der Waals surface area contributed by atoms with Crippen molar-refractivity contribution in [3.8, 4) is 0 Å².